The highest BCUT2D eigenvalue weighted by Gasteiger charge is 2.27. The number of anilines is 1. The molecule has 6 heteroatoms. The predicted octanol–water partition coefficient (Wildman–Crippen LogP) is 2.49. The molecule has 0 saturated carbocycles. The smallest absolute Gasteiger partial charge is 0.229 e. The number of halogens is 1. The number of nitrogens with zero attached hydrogens (tertiary/aromatic N) is 2. The molecule has 0 aliphatic carbocycles. The lowest BCUT2D eigenvalue weighted by Crippen LogP contribution is -2.44. The SMILES string of the molecule is O=C(Nc1ccc(Br)cn1)C1CCCN(CC2CCNCC2)C1. The lowest BCUT2D eigenvalue weighted by Gasteiger charge is -2.35. The highest BCUT2D eigenvalue weighted by atomic mass is 79.9. The Hall–Kier alpha value is -0.980. The van der Waals surface area contributed by atoms with E-state index in [1.54, 1.807) is 6.20 Å². The fraction of sp³-hybridized carbons (Fsp3) is 0.647. The first-order valence-electron chi connectivity index (χ1n) is 8.56. The van der Waals surface area contributed by atoms with Gasteiger partial charge in [-0.1, -0.05) is 0 Å². The Balaban J connectivity index is 1.50. The third kappa shape index (κ3) is 4.99. The van der Waals surface area contributed by atoms with Gasteiger partial charge in [0.15, 0.2) is 0 Å². The van der Waals surface area contributed by atoms with E-state index < -0.39 is 0 Å². The zero-order valence-corrected chi connectivity index (χ0v) is 15.0. The summed E-state index contributed by atoms with van der Waals surface area (Å²) in [6.45, 7) is 5.42. The summed E-state index contributed by atoms with van der Waals surface area (Å²) in [7, 11) is 0. The molecular weight excluding hydrogens is 356 g/mol. The monoisotopic (exact) mass is 380 g/mol. The number of hydrogen-bond acceptors (Lipinski definition) is 4. The van der Waals surface area contributed by atoms with Crippen LogP contribution in [0.2, 0.25) is 0 Å². The second-order valence-electron chi connectivity index (χ2n) is 6.64. The van der Waals surface area contributed by atoms with E-state index >= 15 is 0 Å². The minimum Gasteiger partial charge on any atom is -0.317 e. The highest BCUT2D eigenvalue weighted by Crippen LogP contribution is 2.22. The molecule has 23 heavy (non-hydrogen) atoms. The van der Waals surface area contributed by atoms with Crippen molar-refractivity contribution in [2.24, 2.45) is 11.8 Å². The number of nitrogens with one attached hydrogen (secondary N) is 2. The van der Waals surface area contributed by atoms with Crippen molar-refractivity contribution in [2.45, 2.75) is 25.7 Å². The van der Waals surface area contributed by atoms with Crippen LogP contribution in [0.25, 0.3) is 0 Å². The second kappa shape index (κ2) is 8.22. The molecule has 0 radical (unpaired) electrons. The molecule has 2 fully saturated rings. The summed E-state index contributed by atoms with van der Waals surface area (Å²) in [5.41, 5.74) is 0. The molecule has 3 heterocycles. The third-order valence-corrected chi connectivity index (χ3v) is 5.30. The highest BCUT2D eigenvalue weighted by molar-refractivity contribution is 9.10. The van der Waals surface area contributed by atoms with Crippen LogP contribution >= 0.6 is 15.9 Å². The number of piperidine rings is 2. The second-order valence-corrected chi connectivity index (χ2v) is 7.56. The molecule has 5 nitrogen and oxygen atoms in total. The van der Waals surface area contributed by atoms with Crippen LogP contribution in [-0.2, 0) is 4.79 Å². The molecule has 2 N–H and O–H groups in total. The molecule has 2 aliphatic heterocycles. The Kier molecular flexibility index (Phi) is 6.02. The van der Waals surface area contributed by atoms with Gasteiger partial charge >= 0.3 is 0 Å². The van der Waals surface area contributed by atoms with Gasteiger partial charge in [-0.05, 0) is 79.3 Å². The topological polar surface area (TPSA) is 57.3 Å². The molecule has 126 valence electrons. The number of carbonyl (C=O) groups is 1. The van der Waals surface area contributed by atoms with Crippen molar-refractivity contribution in [2.75, 3.05) is 38.0 Å². The molecule has 2 saturated heterocycles. The molecule has 0 bridgehead atoms. The summed E-state index contributed by atoms with van der Waals surface area (Å²) < 4.78 is 0.918. The van der Waals surface area contributed by atoms with Gasteiger partial charge in [-0.25, -0.2) is 4.98 Å². The van der Waals surface area contributed by atoms with E-state index in [1.807, 2.05) is 12.1 Å². The first kappa shape index (κ1) is 16.9. The summed E-state index contributed by atoms with van der Waals surface area (Å²) in [6.07, 6.45) is 6.31. The van der Waals surface area contributed by atoms with Crippen LogP contribution in [0.4, 0.5) is 5.82 Å². The van der Waals surface area contributed by atoms with E-state index in [-0.39, 0.29) is 11.8 Å². The maximum Gasteiger partial charge on any atom is 0.229 e. The average molecular weight is 381 g/mol. The van der Waals surface area contributed by atoms with Crippen molar-refractivity contribution < 1.29 is 4.79 Å². The van der Waals surface area contributed by atoms with Gasteiger partial charge in [0, 0.05) is 23.8 Å². The molecule has 0 spiro atoms. The summed E-state index contributed by atoms with van der Waals surface area (Å²) >= 11 is 3.36. The van der Waals surface area contributed by atoms with Crippen LogP contribution in [0.5, 0.6) is 0 Å². The van der Waals surface area contributed by atoms with Crippen LogP contribution in [0.3, 0.4) is 0 Å². The van der Waals surface area contributed by atoms with Gasteiger partial charge in [-0.2, -0.15) is 0 Å². The fourth-order valence-electron chi connectivity index (χ4n) is 3.54. The molecule has 1 unspecified atom stereocenters. The lowest BCUT2D eigenvalue weighted by atomic mass is 9.93. The van der Waals surface area contributed by atoms with Crippen LogP contribution in [0, 0.1) is 11.8 Å². The van der Waals surface area contributed by atoms with Crippen LogP contribution in [0.15, 0.2) is 22.8 Å². The quantitative estimate of drug-likeness (QED) is 0.842. The van der Waals surface area contributed by atoms with E-state index in [2.05, 4.69) is 36.4 Å². The van der Waals surface area contributed by atoms with E-state index in [4.69, 9.17) is 0 Å². The Labute approximate surface area is 146 Å². The zero-order valence-electron chi connectivity index (χ0n) is 13.4. The van der Waals surface area contributed by atoms with E-state index in [0.29, 0.717) is 5.82 Å². The average Bonchev–Trinajstić information content (AvgIpc) is 2.58. The molecule has 1 aromatic heterocycles. The van der Waals surface area contributed by atoms with Gasteiger partial charge < -0.3 is 15.5 Å². The largest absolute Gasteiger partial charge is 0.317 e. The minimum atomic E-state index is 0.0795. The fourth-order valence-corrected chi connectivity index (χ4v) is 3.78. The molecule has 0 aromatic carbocycles. The number of rotatable bonds is 4. The van der Waals surface area contributed by atoms with Crippen LogP contribution in [-0.4, -0.2) is 48.5 Å². The van der Waals surface area contributed by atoms with E-state index in [9.17, 15) is 4.79 Å². The molecule has 2 aliphatic rings. The van der Waals surface area contributed by atoms with Crippen LogP contribution in [0.1, 0.15) is 25.7 Å². The van der Waals surface area contributed by atoms with Gasteiger partial charge in [0.25, 0.3) is 0 Å². The number of pyridine rings is 1. The number of aromatic nitrogens is 1. The first-order chi connectivity index (χ1) is 11.2. The van der Waals surface area contributed by atoms with Crippen LogP contribution < -0.4 is 10.6 Å². The normalized spacial score (nSPS) is 23.6. The van der Waals surface area contributed by atoms with Gasteiger partial charge in [-0.15, -0.1) is 0 Å². The maximum absolute atomic E-state index is 12.5. The van der Waals surface area contributed by atoms with Gasteiger partial charge in [0.1, 0.15) is 5.82 Å². The van der Waals surface area contributed by atoms with E-state index in [0.717, 1.165) is 56.0 Å². The molecule has 1 atom stereocenters. The minimum absolute atomic E-state index is 0.0795. The van der Waals surface area contributed by atoms with Crippen molar-refractivity contribution in [3.8, 4) is 0 Å². The summed E-state index contributed by atoms with van der Waals surface area (Å²) in [5.74, 6) is 1.60. The van der Waals surface area contributed by atoms with Crippen molar-refractivity contribution in [3.63, 3.8) is 0 Å². The number of amides is 1. The number of likely N-dealkylation sites (tertiary alicyclic amines) is 1. The Morgan fingerprint density at radius 1 is 1.35 bits per heavy atom. The van der Waals surface area contributed by atoms with Gasteiger partial charge in [0.05, 0.1) is 5.92 Å². The standard InChI is InChI=1S/C17H25BrN4O/c18-15-3-4-16(20-10-15)21-17(23)14-2-1-9-22(12-14)11-13-5-7-19-8-6-13/h3-4,10,13-14,19H,1-2,5-9,11-12H2,(H,20,21,23). The Morgan fingerprint density at radius 3 is 2.91 bits per heavy atom. The summed E-state index contributed by atoms with van der Waals surface area (Å²) in [6, 6.07) is 3.73. The number of hydrogen-bond donors (Lipinski definition) is 2. The van der Waals surface area contributed by atoms with E-state index in [1.165, 1.54) is 12.8 Å². The molecular formula is C17H25BrN4O. The van der Waals surface area contributed by atoms with Gasteiger partial charge in [-0.3, -0.25) is 4.79 Å². The lowest BCUT2D eigenvalue weighted by molar-refractivity contribution is -0.121. The van der Waals surface area contributed by atoms with Gasteiger partial charge in [0.2, 0.25) is 5.91 Å². The molecule has 1 aromatic rings. The third-order valence-electron chi connectivity index (χ3n) is 4.83. The Morgan fingerprint density at radius 2 is 2.17 bits per heavy atom. The van der Waals surface area contributed by atoms with Crippen molar-refractivity contribution in [1.82, 2.24) is 15.2 Å². The first-order valence-corrected chi connectivity index (χ1v) is 9.35. The molecule has 3 rings (SSSR count). The van der Waals surface area contributed by atoms with Crippen molar-refractivity contribution in [3.05, 3.63) is 22.8 Å². The predicted molar refractivity (Wildman–Crippen MR) is 95.3 cm³/mol. The number of carbonyl (C=O) groups excluding carboxylic acids is 1. The Bertz CT molecular complexity index is 516. The zero-order chi connectivity index (χ0) is 16.1. The maximum atomic E-state index is 12.5. The van der Waals surface area contributed by atoms with Crippen molar-refractivity contribution >= 4 is 27.7 Å². The molecule has 1 amide bonds. The summed E-state index contributed by atoms with van der Waals surface area (Å²) in [4.78, 5) is 19.2. The van der Waals surface area contributed by atoms with Crippen molar-refractivity contribution in [1.29, 1.82) is 0 Å². The summed E-state index contributed by atoms with van der Waals surface area (Å²) in [5, 5.41) is 6.37.